The van der Waals surface area contributed by atoms with Gasteiger partial charge in [0.2, 0.25) is 0 Å². The Kier molecular flexibility index (Phi) is 4.79. The van der Waals surface area contributed by atoms with Crippen LogP contribution in [0.4, 0.5) is 0 Å². The van der Waals surface area contributed by atoms with E-state index in [1.807, 2.05) is 66.7 Å². The van der Waals surface area contributed by atoms with Crippen molar-refractivity contribution in [3.05, 3.63) is 95.6 Å². The summed E-state index contributed by atoms with van der Waals surface area (Å²) in [6, 6.07) is 25.8. The SMILES string of the molecule is COC(=O)[C@@]1(c2ccc(OC)cc2)C[C@]1(c1ccccc1)c1ccc(OC)cc1. The first-order chi connectivity index (χ1) is 14.1. The van der Waals surface area contributed by atoms with E-state index in [1.54, 1.807) is 14.2 Å². The number of benzene rings is 3. The molecule has 0 saturated heterocycles. The maximum absolute atomic E-state index is 13.3. The third-order valence-corrected chi connectivity index (χ3v) is 6.10. The summed E-state index contributed by atoms with van der Waals surface area (Å²) in [7, 11) is 4.73. The van der Waals surface area contributed by atoms with Crippen LogP contribution < -0.4 is 9.47 Å². The molecule has 0 aromatic heterocycles. The van der Waals surface area contributed by atoms with Gasteiger partial charge in [0.1, 0.15) is 16.9 Å². The van der Waals surface area contributed by atoms with Gasteiger partial charge >= 0.3 is 5.97 Å². The monoisotopic (exact) mass is 388 g/mol. The summed E-state index contributed by atoms with van der Waals surface area (Å²) in [5, 5.41) is 0. The highest BCUT2D eigenvalue weighted by molar-refractivity contribution is 5.93. The summed E-state index contributed by atoms with van der Waals surface area (Å²) in [5.74, 6) is 1.30. The van der Waals surface area contributed by atoms with Crippen LogP contribution in [0, 0.1) is 0 Å². The molecule has 0 N–H and O–H groups in total. The van der Waals surface area contributed by atoms with Gasteiger partial charge < -0.3 is 14.2 Å². The second kappa shape index (κ2) is 7.28. The van der Waals surface area contributed by atoms with E-state index in [2.05, 4.69) is 12.1 Å². The third-order valence-electron chi connectivity index (χ3n) is 6.10. The van der Waals surface area contributed by atoms with Crippen LogP contribution in [0.3, 0.4) is 0 Å². The Bertz CT molecular complexity index is 995. The first kappa shape index (κ1) is 19.1. The molecule has 0 spiro atoms. The number of methoxy groups -OCH3 is 3. The van der Waals surface area contributed by atoms with Crippen LogP contribution in [-0.2, 0) is 20.4 Å². The zero-order chi connectivity index (χ0) is 20.5. The van der Waals surface area contributed by atoms with Crippen molar-refractivity contribution in [1.29, 1.82) is 0 Å². The molecule has 0 aliphatic heterocycles. The van der Waals surface area contributed by atoms with Gasteiger partial charge in [-0.25, -0.2) is 0 Å². The van der Waals surface area contributed by atoms with Crippen LogP contribution in [0.1, 0.15) is 23.1 Å². The van der Waals surface area contributed by atoms with E-state index < -0.39 is 10.8 Å². The minimum Gasteiger partial charge on any atom is -0.497 e. The Labute approximate surface area is 171 Å². The Hall–Kier alpha value is -3.27. The number of esters is 1. The minimum absolute atomic E-state index is 0.234. The molecule has 3 aromatic carbocycles. The molecule has 4 heteroatoms. The van der Waals surface area contributed by atoms with Gasteiger partial charge in [-0.15, -0.1) is 0 Å². The Morgan fingerprint density at radius 2 is 1.17 bits per heavy atom. The van der Waals surface area contributed by atoms with Crippen LogP contribution in [0.15, 0.2) is 78.9 Å². The van der Waals surface area contributed by atoms with Gasteiger partial charge in [0.25, 0.3) is 0 Å². The van der Waals surface area contributed by atoms with Gasteiger partial charge in [-0.05, 0) is 47.4 Å². The van der Waals surface area contributed by atoms with E-state index in [9.17, 15) is 4.79 Å². The van der Waals surface area contributed by atoms with E-state index in [4.69, 9.17) is 14.2 Å². The van der Waals surface area contributed by atoms with Crippen LogP contribution in [-0.4, -0.2) is 27.3 Å². The summed E-state index contributed by atoms with van der Waals surface area (Å²) >= 11 is 0. The molecule has 1 aliphatic carbocycles. The molecule has 1 saturated carbocycles. The van der Waals surface area contributed by atoms with Crippen molar-refractivity contribution in [2.45, 2.75) is 17.3 Å². The second-order valence-electron chi connectivity index (χ2n) is 7.30. The zero-order valence-corrected chi connectivity index (χ0v) is 16.8. The molecule has 0 unspecified atom stereocenters. The summed E-state index contributed by atoms with van der Waals surface area (Å²) in [5.41, 5.74) is 1.76. The molecule has 0 radical (unpaired) electrons. The van der Waals surface area contributed by atoms with Gasteiger partial charge in [0.05, 0.1) is 21.3 Å². The van der Waals surface area contributed by atoms with Gasteiger partial charge in [-0.2, -0.15) is 0 Å². The van der Waals surface area contributed by atoms with Crippen LogP contribution in [0.25, 0.3) is 0 Å². The quantitative estimate of drug-likeness (QED) is 0.583. The second-order valence-corrected chi connectivity index (χ2v) is 7.30. The molecule has 29 heavy (non-hydrogen) atoms. The predicted octanol–water partition coefficient (Wildman–Crippen LogP) is 4.50. The van der Waals surface area contributed by atoms with E-state index >= 15 is 0 Å². The molecule has 1 aliphatic rings. The highest BCUT2D eigenvalue weighted by Gasteiger charge is 2.74. The third kappa shape index (κ3) is 2.79. The molecule has 4 nitrogen and oxygen atoms in total. The maximum atomic E-state index is 13.3. The van der Waals surface area contributed by atoms with Crippen LogP contribution >= 0.6 is 0 Å². The summed E-state index contributed by atoms with van der Waals surface area (Å²) in [4.78, 5) is 13.3. The van der Waals surface area contributed by atoms with Crippen molar-refractivity contribution in [1.82, 2.24) is 0 Å². The fraction of sp³-hybridized carbons (Fsp3) is 0.240. The largest absolute Gasteiger partial charge is 0.497 e. The molecule has 0 heterocycles. The Morgan fingerprint density at radius 1 is 0.690 bits per heavy atom. The number of rotatable bonds is 6. The van der Waals surface area contributed by atoms with Crippen molar-refractivity contribution < 1.29 is 19.0 Å². The van der Waals surface area contributed by atoms with E-state index in [0.29, 0.717) is 6.42 Å². The lowest BCUT2D eigenvalue weighted by Crippen LogP contribution is -2.32. The van der Waals surface area contributed by atoms with Gasteiger partial charge in [0.15, 0.2) is 0 Å². The van der Waals surface area contributed by atoms with Crippen LogP contribution in [0.5, 0.6) is 11.5 Å². The Balaban J connectivity index is 1.93. The number of hydrogen-bond acceptors (Lipinski definition) is 4. The van der Waals surface area contributed by atoms with Gasteiger partial charge in [-0.3, -0.25) is 4.79 Å². The lowest BCUT2D eigenvalue weighted by Gasteiger charge is -2.26. The zero-order valence-electron chi connectivity index (χ0n) is 16.8. The molecule has 148 valence electrons. The van der Waals surface area contributed by atoms with Crippen molar-refractivity contribution in [3.63, 3.8) is 0 Å². The normalized spacial score (nSPS) is 22.6. The van der Waals surface area contributed by atoms with Crippen molar-refractivity contribution in [3.8, 4) is 11.5 Å². The molecule has 2 atom stereocenters. The van der Waals surface area contributed by atoms with Crippen LogP contribution in [0.2, 0.25) is 0 Å². The topological polar surface area (TPSA) is 44.8 Å². The number of ether oxygens (including phenoxy) is 3. The number of carbonyl (C=O) groups excluding carboxylic acids is 1. The number of carbonyl (C=O) groups is 1. The summed E-state index contributed by atoms with van der Waals surface area (Å²) in [6.45, 7) is 0. The maximum Gasteiger partial charge on any atom is 0.317 e. The average Bonchev–Trinajstić information content (AvgIpc) is 3.52. The fourth-order valence-corrected chi connectivity index (χ4v) is 4.58. The highest BCUT2D eigenvalue weighted by Crippen LogP contribution is 2.69. The smallest absolute Gasteiger partial charge is 0.317 e. The van der Waals surface area contributed by atoms with E-state index in [0.717, 1.165) is 28.2 Å². The first-order valence-electron chi connectivity index (χ1n) is 9.55. The number of hydrogen-bond donors (Lipinski definition) is 0. The summed E-state index contributed by atoms with van der Waals surface area (Å²) in [6.07, 6.45) is 0.634. The Morgan fingerprint density at radius 3 is 1.66 bits per heavy atom. The fourth-order valence-electron chi connectivity index (χ4n) is 4.58. The minimum atomic E-state index is -0.802. The van der Waals surface area contributed by atoms with Crippen molar-refractivity contribution >= 4 is 5.97 Å². The van der Waals surface area contributed by atoms with Crippen molar-refractivity contribution in [2.75, 3.05) is 21.3 Å². The highest BCUT2D eigenvalue weighted by atomic mass is 16.5. The summed E-state index contributed by atoms with van der Waals surface area (Å²) < 4.78 is 16.0. The molecule has 4 rings (SSSR count). The van der Waals surface area contributed by atoms with Gasteiger partial charge in [-0.1, -0.05) is 54.6 Å². The van der Waals surface area contributed by atoms with Crippen molar-refractivity contribution in [2.24, 2.45) is 0 Å². The predicted molar refractivity (Wildman–Crippen MR) is 112 cm³/mol. The van der Waals surface area contributed by atoms with Gasteiger partial charge in [0, 0.05) is 5.41 Å². The molecule has 0 amide bonds. The molecular formula is C25H24O4. The van der Waals surface area contributed by atoms with E-state index in [1.165, 1.54) is 7.11 Å². The standard InChI is InChI=1S/C25H24O4/c1-27-21-13-9-19(10-14-21)24(18-7-5-4-6-8-18)17-25(24,23(26)29-3)20-11-15-22(28-2)16-12-20/h4-16H,17H2,1-3H3/t24-,25-/m0/s1. The lowest BCUT2D eigenvalue weighted by atomic mass is 9.77. The molecule has 1 fully saturated rings. The molecule has 0 bridgehead atoms. The average molecular weight is 388 g/mol. The molecule has 3 aromatic rings. The van der Waals surface area contributed by atoms with E-state index in [-0.39, 0.29) is 5.97 Å². The lowest BCUT2D eigenvalue weighted by molar-refractivity contribution is -0.144. The first-order valence-corrected chi connectivity index (χ1v) is 9.55. The molecular weight excluding hydrogens is 364 g/mol.